The third-order valence-electron chi connectivity index (χ3n) is 4.77. The van der Waals surface area contributed by atoms with Gasteiger partial charge in [-0.15, -0.1) is 0 Å². The molecule has 0 radical (unpaired) electrons. The minimum Gasteiger partial charge on any atom is -0.316 e. The number of nitrogens with zero attached hydrogens (tertiary/aromatic N) is 2. The summed E-state index contributed by atoms with van der Waals surface area (Å²) in [7, 11) is -3.07. The molecule has 0 aromatic heterocycles. The number of anilines is 1. The first-order valence-corrected chi connectivity index (χ1v) is 11.5. The first-order valence-electron chi connectivity index (χ1n) is 8.75. The Labute approximate surface area is 163 Å². The molecule has 2 fully saturated rings. The number of amides is 1. The topological polar surface area (TPSA) is 66.8 Å². The molecule has 2 aromatic carbocycles. The number of benzene rings is 2. The second-order valence-electron chi connectivity index (χ2n) is 7.08. The normalized spacial score (nSPS) is 25.0. The number of hydrogen-bond acceptors (Lipinski definition) is 4. The molecule has 27 heavy (non-hydrogen) atoms. The SMILES string of the molecule is Cc1cc(C)cc(N2C(=NC(=O)c3ccccc3)S[C@@H]3CS(=O)(=O)C[C@@H]32)c1. The van der Waals surface area contributed by atoms with Crippen LogP contribution in [0.4, 0.5) is 5.69 Å². The van der Waals surface area contributed by atoms with E-state index in [0.29, 0.717) is 10.7 Å². The van der Waals surface area contributed by atoms with Crippen LogP contribution in [0.1, 0.15) is 21.5 Å². The Bertz CT molecular complexity index is 1010. The van der Waals surface area contributed by atoms with Gasteiger partial charge in [0.15, 0.2) is 15.0 Å². The Balaban J connectivity index is 1.76. The number of thioether (sulfide) groups is 1. The molecule has 2 aliphatic rings. The molecule has 0 spiro atoms. The molecule has 5 nitrogen and oxygen atoms in total. The van der Waals surface area contributed by atoms with Crippen LogP contribution in [0.5, 0.6) is 0 Å². The van der Waals surface area contributed by atoms with Crippen LogP contribution in [0.25, 0.3) is 0 Å². The Morgan fingerprint density at radius 3 is 2.41 bits per heavy atom. The zero-order chi connectivity index (χ0) is 19.2. The molecule has 0 saturated carbocycles. The lowest BCUT2D eigenvalue weighted by molar-refractivity contribution is 0.100. The van der Waals surface area contributed by atoms with Crippen LogP contribution in [-0.4, -0.2) is 42.3 Å². The fourth-order valence-electron chi connectivity index (χ4n) is 3.69. The van der Waals surface area contributed by atoms with E-state index < -0.39 is 9.84 Å². The number of aliphatic imine (C=N–C) groups is 1. The first kappa shape index (κ1) is 18.3. The molecule has 2 aliphatic heterocycles. The summed E-state index contributed by atoms with van der Waals surface area (Å²) < 4.78 is 24.3. The van der Waals surface area contributed by atoms with Crippen molar-refractivity contribution in [2.45, 2.75) is 25.1 Å². The fraction of sp³-hybridized carbons (Fsp3) is 0.300. The van der Waals surface area contributed by atoms with Crippen molar-refractivity contribution >= 4 is 38.4 Å². The smallest absolute Gasteiger partial charge is 0.279 e. The van der Waals surface area contributed by atoms with Gasteiger partial charge < -0.3 is 4.90 Å². The average Bonchev–Trinajstić information content (AvgIpc) is 3.05. The van der Waals surface area contributed by atoms with E-state index in [2.05, 4.69) is 11.1 Å². The van der Waals surface area contributed by atoms with Crippen LogP contribution in [0.15, 0.2) is 53.5 Å². The number of rotatable bonds is 2. The monoisotopic (exact) mass is 400 g/mol. The molecule has 0 bridgehead atoms. The number of hydrogen-bond donors (Lipinski definition) is 0. The van der Waals surface area contributed by atoms with E-state index in [-0.39, 0.29) is 28.7 Å². The van der Waals surface area contributed by atoms with E-state index in [9.17, 15) is 13.2 Å². The van der Waals surface area contributed by atoms with Gasteiger partial charge in [-0.2, -0.15) is 4.99 Å². The minimum atomic E-state index is -3.07. The van der Waals surface area contributed by atoms with E-state index in [1.54, 1.807) is 24.3 Å². The van der Waals surface area contributed by atoms with E-state index in [1.807, 2.05) is 36.9 Å². The molecule has 1 amide bonds. The summed E-state index contributed by atoms with van der Waals surface area (Å²) in [5.74, 6) is -0.0893. The van der Waals surface area contributed by atoms with Gasteiger partial charge in [0.25, 0.3) is 5.91 Å². The molecule has 2 heterocycles. The van der Waals surface area contributed by atoms with Crippen molar-refractivity contribution in [1.82, 2.24) is 0 Å². The van der Waals surface area contributed by atoms with Gasteiger partial charge in [0.05, 0.1) is 17.5 Å². The van der Waals surface area contributed by atoms with Gasteiger partial charge in [-0.3, -0.25) is 4.79 Å². The summed E-state index contributed by atoms with van der Waals surface area (Å²) in [4.78, 5) is 18.9. The van der Waals surface area contributed by atoms with Crippen molar-refractivity contribution in [1.29, 1.82) is 0 Å². The molecule has 2 atom stereocenters. The maximum absolute atomic E-state index is 12.6. The minimum absolute atomic E-state index is 0.0935. The van der Waals surface area contributed by atoms with E-state index in [0.717, 1.165) is 16.8 Å². The highest BCUT2D eigenvalue weighted by Crippen LogP contribution is 2.41. The number of carbonyl (C=O) groups is 1. The summed E-state index contributed by atoms with van der Waals surface area (Å²) in [5, 5.41) is 0.483. The quantitative estimate of drug-likeness (QED) is 0.774. The number of sulfone groups is 1. The van der Waals surface area contributed by atoms with Gasteiger partial charge in [-0.1, -0.05) is 36.0 Å². The second kappa shape index (κ2) is 6.80. The zero-order valence-corrected chi connectivity index (χ0v) is 16.8. The maximum atomic E-state index is 12.6. The van der Waals surface area contributed by atoms with Gasteiger partial charge >= 0.3 is 0 Å². The Morgan fingerprint density at radius 1 is 1.07 bits per heavy atom. The third kappa shape index (κ3) is 3.66. The lowest BCUT2D eigenvalue weighted by Crippen LogP contribution is -2.37. The van der Waals surface area contributed by atoms with Crippen molar-refractivity contribution in [2.75, 3.05) is 16.4 Å². The second-order valence-corrected chi connectivity index (χ2v) is 10.4. The number of amidine groups is 1. The molecular weight excluding hydrogens is 380 g/mol. The van der Waals surface area contributed by atoms with Gasteiger partial charge in [-0.05, 0) is 49.2 Å². The first-order chi connectivity index (χ1) is 12.8. The molecule has 140 valence electrons. The summed E-state index contributed by atoms with van der Waals surface area (Å²) in [6.45, 7) is 4.02. The van der Waals surface area contributed by atoms with Gasteiger partial charge in [0.1, 0.15) is 0 Å². The Kier molecular flexibility index (Phi) is 4.60. The lowest BCUT2D eigenvalue weighted by atomic mass is 10.1. The molecule has 4 rings (SSSR count). The molecule has 0 aliphatic carbocycles. The molecule has 7 heteroatoms. The number of aryl methyl sites for hydroxylation is 2. The van der Waals surface area contributed by atoms with E-state index in [4.69, 9.17) is 0 Å². The Hall–Kier alpha value is -2.12. The number of fused-ring (bicyclic) bond motifs is 1. The highest BCUT2D eigenvalue weighted by molar-refractivity contribution is 8.16. The van der Waals surface area contributed by atoms with Gasteiger partial charge in [-0.25, -0.2) is 8.42 Å². The van der Waals surface area contributed by atoms with Gasteiger partial charge in [0, 0.05) is 16.5 Å². The van der Waals surface area contributed by atoms with Crippen molar-refractivity contribution in [2.24, 2.45) is 4.99 Å². The van der Waals surface area contributed by atoms with Crippen LogP contribution in [0.2, 0.25) is 0 Å². The predicted octanol–water partition coefficient (Wildman–Crippen LogP) is 3.22. The van der Waals surface area contributed by atoms with Crippen molar-refractivity contribution in [3.05, 3.63) is 65.2 Å². The van der Waals surface area contributed by atoms with Crippen molar-refractivity contribution in [3.63, 3.8) is 0 Å². The van der Waals surface area contributed by atoms with Crippen LogP contribution < -0.4 is 4.90 Å². The summed E-state index contributed by atoms with van der Waals surface area (Å²) in [6.07, 6.45) is 0. The molecule has 0 N–H and O–H groups in total. The van der Waals surface area contributed by atoms with E-state index in [1.165, 1.54) is 11.8 Å². The molecular formula is C20H20N2O3S2. The number of carbonyl (C=O) groups excluding carboxylic acids is 1. The van der Waals surface area contributed by atoms with E-state index >= 15 is 0 Å². The van der Waals surface area contributed by atoms with Gasteiger partial charge in [0.2, 0.25) is 0 Å². The molecule has 0 unspecified atom stereocenters. The highest BCUT2D eigenvalue weighted by Gasteiger charge is 2.49. The van der Waals surface area contributed by atoms with Crippen LogP contribution in [0, 0.1) is 13.8 Å². The summed E-state index contributed by atoms with van der Waals surface area (Å²) in [6, 6.07) is 14.8. The lowest BCUT2D eigenvalue weighted by Gasteiger charge is -2.25. The summed E-state index contributed by atoms with van der Waals surface area (Å²) >= 11 is 1.40. The molecule has 2 aromatic rings. The average molecular weight is 401 g/mol. The standard InChI is InChI=1S/C20H20N2O3S2/c1-13-8-14(2)10-16(9-13)22-17-11-27(24,25)12-18(17)26-20(22)21-19(23)15-6-4-3-5-7-15/h3-10,17-18H,11-12H2,1-2H3/t17-,18+/m0/s1. The van der Waals surface area contributed by atoms with Crippen LogP contribution in [0.3, 0.4) is 0 Å². The highest BCUT2D eigenvalue weighted by atomic mass is 32.2. The third-order valence-corrected chi connectivity index (χ3v) is 7.98. The largest absolute Gasteiger partial charge is 0.316 e. The zero-order valence-electron chi connectivity index (χ0n) is 15.1. The van der Waals surface area contributed by atoms with Crippen LogP contribution >= 0.6 is 11.8 Å². The van der Waals surface area contributed by atoms with Crippen molar-refractivity contribution in [3.8, 4) is 0 Å². The fourth-order valence-corrected chi connectivity index (χ4v) is 7.60. The Morgan fingerprint density at radius 2 is 1.74 bits per heavy atom. The predicted molar refractivity (Wildman–Crippen MR) is 110 cm³/mol. The molecule has 2 saturated heterocycles. The van der Waals surface area contributed by atoms with Crippen LogP contribution in [-0.2, 0) is 9.84 Å². The summed E-state index contributed by atoms with van der Waals surface area (Å²) in [5.41, 5.74) is 3.60. The van der Waals surface area contributed by atoms with Crippen molar-refractivity contribution < 1.29 is 13.2 Å². The maximum Gasteiger partial charge on any atom is 0.279 e.